The number of nitrogens with one attached hydrogen (secondary N) is 1. The number of aliphatic hydroxyl groups excluding tert-OH is 1. The highest BCUT2D eigenvalue weighted by atomic mass is 35.5. The maximum atomic E-state index is 12.2. The normalized spacial score (nSPS) is 10.6. The number of carbonyl (C=O) groups is 1. The number of carbonyl (C=O) groups excluding carboxylic acids is 1. The van der Waals surface area contributed by atoms with Crippen molar-refractivity contribution in [3.05, 3.63) is 65.0 Å². The van der Waals surface area contributed by atoms with E-state index < -0.39 is 0 Å². The summed E-state index contributed by atoms with van der Waals surface area (Å²) in [7, 11) is 1.53. The van der Waals surface area contributed by atoms with Gasteiger partial charge in [-0.25, -0.2) is 4.98 Å². The Labute approximate surface area is 173 Å². The van der Waals surface area contributed by atoms with Gasteiger partial charge in [-0.05, 0) is 42.0 Å². The zero-order chi connectivity index (χ0) is 20.6. The summed E-state index contributed by atoms with van der Waals surface area (Å²) in [5, 5.41) is 12.3. The fourth-order valence-electron chi connectivity index (χ4n) is 2.64. The van der Waals surface area contributed by atoms with E-state index in [-0.39, 0.29) is 25.5 Å². The van der Waals surface area contributed by atoms with E-state index >= 15 is 0 Å². The molecule has 1 aromatic heterocycles. The highest BCUT2D eigenvalue weighted by molar-refractivity contribution is 6.30. The maximum Gasteiger partial charge on any atom is 0.226 e. The Hall–Kier alpha value is -3.03. The average molecular weight is 417 g/mol. The van der Waals surface area contributed by atoms with Gasteiger partial charge in [0.15, 0.2) is 11.5 Å². The highest BCUT2D eigenvalue weighted by Crippen LogP contribution is 2.28. The van der Waals surface area contributed by atoms with Gasteiger partial charge in [-0.2, -0.15) is 0 Å². The van der Waals surface area contributed by atoms with Gasteiger partial charge in [-0.3, -0.25) is 4.79 Å². The first-order valence-corrected chi connectivity index (χ1v) is 9.34. The van der Waals surface area contributed by atoms with Gasteiger partial charge in [-0.1, -0.05) is 17.7 Å². The molecule has 0 aliphatic heterocycles. The lowest BCUT2D eigenvalue weighted by atomic mass is 10.2. The number of methoxy groups -OCH3 is 1. The molecule has 0 spiro atoms. The van der Waals surface area contributed by atoms with E-state index in [1.54, 1.807) is 36.4 Å². The largest absolute Gasteiger partial charge is 0.493 e. The van der Waals surface area contributed by atoms with Crippen LogP contribution in [0.25, 0.3) is 11.5 Å². The van der Waals surface area contributed by atoms with E-state index in [1.165, 1.54) is 13.4 Å². The van der Waals surface area contributed by atoms with Crippen molar-refractivity contribution < 1.29 is 23.8 Å². The van der Waals surface area contributed by atoms with E-state index in [4.69, 9.17) is 30.6 Å². The fourth-order valence-corrected chi connectivity index (χ4v) is 2.76. The molecular weight excluding hydrogens is 396 g/mol. The molecular formula is C21H21ClN2O5. The Bertz CT molecular complexity index is 956. The number of amides is 1. The van der Waals surface area contributed by atoms with Gasteiger partial charge >= 0.3 is 0 Å². The zero-order valence-electron chi connectivity index (χ0n) is 15.9. The lowest BCUT2D eigenvalue weighted by Gasteiger charge is -2.12. The second-order valence-corrected chi connectivity index (χ2v) is 6.60. The first-order valence-electron chi connectivity index (χ1n) is 8.96. The molecule has 2 aromatic carbocycles. The summed E-state index contributed by atoms with van der Waals surface area (Å²) in [5.74, 6) is 1.33. The van der Waals surface area contributed by atoms with Gasteiger partial charge in [0.1, 0.15) is 12.9 Å². The monoisotopic (exact) mass is 416 g/mol. The number of oxazole rings is 1. The van der Waals surface area contributed by atoms with Crippen LogP contribution in [0, 0.1) is 0 Å². The first kappa shape index (κ1) is 20.7. The van der Waals surface area contributed by atoms with Crippen molar-refractivity contribution in [2.24, 2.45) is 0 Å². The second kappa shape index (κ2) is 9.95. The van der Waals surface area contributed by atoms with Crippen molar-refractivity contribution in [1.82, 2.24) is 10.3 Å². The number of nitrogens with zero attached hydrogens (tertiary/aromatic N) is 1. The molecule has 7 nitrogen and oxygen atoms in total. The van der Waals surface area contributed by atoms with E-state index in [9.17, 15) is 4.79 Å². The molecule has 8 heteroatoms. The molecule has 1 amide bonds. The topological polar surface area (TPSA) is 93.8 Å². The van der Waals surface area contributed by atoms with Crippen molar-refractivity contribution in [3.63, 3.8) is 0 Å². The van der Waals surface area contributed by atoms with Gasteiger partial charge < -0.3 is 24.3 Å². The summed E-state index contributed by atoms with van der Waals surface area (Å²) in [6, 6.07) is 12.5. The number of hydrogen-bond acceptors (Lipinski definition) is 6. The molecule has 0 atom stereocenters. The average Bonchev–Trinajstić information content (AvgIpc) is 3.19. The molecule has 3 aromatic rings. The minimum absolute atomic E-state index is 0.0806. The van der Waals surface area contributed by atoms with E-state index in [1.807, 2.05) is 6.07 Å². The van der Waals surface area contributed by atoms with Crippen molar-refractivity contribution >= 4 is 17.5 Å². The zero-order valence-corrected chi connectivity index (χ0v) is 16.6. The molecule has 1 heterocycles. The van der Waals surface area contributed by atoms with Crippen molar-refractivity contribution in [2.75, 3.05) is 20.3 Å². The lowest BCUT2D eigenvalue weighted by molar-refractivity contribution is -0.120. The van der Waals surface area contributed by atoms with E-state index in [0.717, 1.165) is 11.1 Å². The summed E-state index contributed by atoms with van der Waals surface area (Å²) in [6.45, 7) is 0.433. The van der Waals surface area contributed by atoms with Crippen LogP contribution in [-0.2, 0) is 17.8 Å². The molecule has 3 rings (SSSR count). The van der Waals surface area contributed by atoms with Crippen LogP contribution in [0.1, 0.15) is 11.3 Å². The van der Waals surface area contributed by atoms with Gasteiger partial charge in [0, 0.05) is 17.1 Å². The number of rotatable bonds is 9. The molecule has 0 unspecified atom stereocenters. The molecule has 0 fully saturated rings. The van der Waals surface area contributed by atoms with Gasteiger partial charge in [0.25, 0.3) is 0 Å². The summed E-state index contributed by atoms with van der Waals surface area (Å²) in [6.07, 6.45) is 1.58. The van der Waals surface area contributed by atoms with Crippen LogP contribution in [0.5, 0.6) is 11.5 Å². The smallest absolute Gasteiger partial charge is 0.226 e. The predicted octanol–water partition coefficient (Wildman–Crippen LogP) is 3.23. The number of halogens is 1. The molecule has 0 saturated heterocycles. The number of hydrogen-bond donors (Lipinski definition) is 2. The van der Waals surface area contributed by atoms with E-state index in [2.05, 4.69) is 10.3 Å². The third kappa shape index (κ3) is 5.73. The Morgan fingerprint density at radius 3 is 2.72 bits per heavy atom. The highest BCUT2D eigenvalue weighted by Gasteiger charge is 2.11. The SMILES string of the molecule is COc1cc(CNC(=O)Cc2coc(-c3ccc(Cl)cc3)n2)ccc1OCCO. The molecule has 0 aliphatic carbocycles. The third-order valence-corrected chi connectivity index (χ3v) is 4.30. The molecule has 0 radical (unpaired) electrons. The number of benzene rings is 2. The van der Waals surface area contributed by atoms with Crippen LogP contribution in [0.15, 0.2) is 53.1 Å². The predicted molar refractivity (Wildman–Crippen MR) is 108 cm³/mol. The molecule has 0 saturated carbocycles. The van der Waals surface area contributed by atoms with Crippen LogP contribution in [0.4, 0.5) is 0 Å². The quantitative estimate of drug-likeness (QED) is 0.556. The van der Waals surface area contributed by atoms with Crippen LogP contribution < -0.4 is 14.8 Å². The van der Waals surface area contributed by atoms with Crippen LogP contribution >= 0.6 is 11.6 Å². The summed E-state index contributed by atoms with van der Waals surface area (Å²) >= 11 is 5.88. The Kier molecular flexibility index (Phi) is 7.10. The van der Waals surface area contributed by atoms with E-state index in [0.29, 0.717) is 34.7 Å². The van der Waals surface area contributed by atoms with Gasteiger partial charge in [0.05, 0.1) is 25.8 Å². The van der Waals surface area contributed by atoms with Crippen molar-refractivity contribution in [3.8, 4) is 23.0 Å². The number of aromatic nitrogens is 1. The Balaban J connectivity index is 1.55. The van der Waals surface area contributed by atoms with Gasteiger partial charge in [-0.15, -0.1) is 0 Å². The Morgan fingerprint density at radius 2 is 2.00 bits per heavy atom. The molecule has 2 N–H and O–H groups in total. The summed E-state index contributed by atoms with van der Waals surface area (Å²) in [5.41, 5.74) is 2.18. The van der Waals surface area contributed by atoms with Crippen molar-refractivity contribution in [2.45, 2.75) is 13.0 Å². The lowest BCUT2D eigenvalue weighted by Crippen LogP contribution is -2.24. The second-order valence-electron chi connectivity index (χ2n) is 6.16. The molecule has 0 bridgehead atoms. The maximum absolute atomic E-state index is 12.2. The number of ether oxygens (including phenoxy) is 2. The standard InChI is InChI=1S/C21H21ClN2O5/c1-27-19-10-14(2-7-18(19)28-9-8-25)12-23-20(26)11-17-13-29-21(24-17)15-3-5-16(22)6-4-15/h2-7,10,13,25H,8-9,11-12H2,1H3,(H,23,26). The third-order valence-electron chi connectivity index (χ3n) is 4.05. The molecule has 152 valence electrons. The van der Waals surface area contributed by atoms with Gasteiger partial charge in [0.2, 0.25) is 11.8 Å². The van der Waals surface area contributed by atoms with Crippen LogP contribution in [0.2, 0.25) is 5.02 Å². The minimum atomic E-state index is -0.180. The van der Waals surface area contributed by atoms with Crippen molar-refractivity contribution in [1.29, 1.82) is 0 Å². The van der Waals surface area contributed by atoms with Crippen LogP contribution in [-0.4, -0.2) is 36.3 Å². The summed E-state index contributed by atoms with van der Waals surface area (Å²) in [4.78, 5) is 16.6. The Morgan fingerprint density at radius 1 is 1.21 bits per heavy atom. The minimum Gasteiger partial charge on any atom is -0.493 e. The molecule has 0 aliphatic rings. The molecule has 29 heavy (non-hydrogen) atoms. The number of aliphatic hydroxyl groups is 1. The van der Waals surface area contributed by atoms with Crippen LogP contribution in [0.3, 0.4) is 0 Å². The first-order chi connectivity index (χ1) is 14.1. The fraction of sp³-hybridized carbons (Fsp3) is 0.238. The summed E-state index contributed by atoms with van der Waals surface area (Å²) < 4.78 is 16.1.